The topological polar surface area (TPSA) is 19.0 Å². The number of fused-ring (bicyclic) bond motifs is 3. The molecule has 2 nitrogen and oxygen atoms in total. The Morgan fingerprint density at radius 2 is 1.83 bits per heavy atom. The van der Waals surface area contributed by atoms with Crippen LogP contribution in [-0.4, -0.2) is 16.4 Å². The van der Waals surface area contributed by atoms with Gasteiger partial charge in [-0.15, -0.1) is 0 Å². The number of allylic oxidation sites excluding steroid dienone is 2. The minimum Gasteiger partial charge on any atom is -0.366 e. The van der Waals surface area contributed by atoms with Crippen LogP contribution in [0.1, 0.15) is 97.4 Å². The summed E-state index contributed by atoms with van der Waals surface area (Å²) in [6.07, 6.45) is 8.96. The number of aromatic amines is 1. The highest BCUT2D eigenvalue weighted by Gasteiger charge is 2.34. The van der Waals surface area contributed by atoms with Gasteiger partial charge in [-0.25, -0.2) is 0 Å². The van der Waals surface area contributed by atoms with Gasteiger partial charge in [0, 0.05) is 28.8 Å². The fraction of sp³-hybridized carbons (Fsp3) is 0.643. The fourth-order valence-electron chi connectivity index (χ4n) is 5.89. The molecule has 1 N–H and O–H groups in total. The average Bonchev–Trinajstić information content (AvgIpc) is 2.97. The standard InChI is InChI=1S/C28H42N2/c1-19(2)16-26-27-23(22-12-7-8-13-24(22)29-27)14-15-30(26)25(21-10-9-11-21)17-20(3)18-28(4,5)6/h7-8,12-13,19-20,26,29H,9-11,14-18H2,1-6H3. The Labute approximate surface area is 184 Å². The highest BCUT2D eigenvalue weighted by Crippen LogP contribution is 2.44. The Kier molecular flexibility index (Phi) is 6.06. The van der Waals surface area contributed by atoms with Crippen molar-refractivity contribution in [2.45, 2.75) is 92.5 Å². The van der Waals surface area contributed by atoms with E-state index >= 15 is 0 Å². The highest BCUT2D eigenvalue weighted by molar-refractivity contribution is 5.85. The first kappa shape index (κ1) is 21.5. The summed E-state index contributed by atoms with van der Waals surface area (Å²) in [5, 5.41) is 1.44. The summed E-state index contributed by atoms with van der Waals surface area (Å²) in [7, 11) is 0. The van der Waals surface area contributed by atoms with Gasteiger partial charge in [-0.2, -0.15) is 0 Å². The molecule has 30 heavy (non-hydrogen) atoms. The third-order valence-corrected chi connectivity index (χ3v) is 7.07. The Hall–Kier alpha value is -1.70. The van der Waals surface area contributed by atoms with Crippen LogP contribution in [0, 0.1) is 17.3 Å². The highest BCUT2D eigenvalue weighted by atomic mass is 15.2. The minimum absolute atomic E-state index is 0.401. The van der Waals surface area contributed by atoms with Crippen LogP contribution in [0.5, 0.6) is 0 Å². The zero-order valence-corrected chi connectivity index (χ0v) is 20.1. The second-order valence-electron chi connectivity index (χ2n) is 11.6. The van der Waals surface area contributed by atoms with E-state index in [1.807, 2.05) is 0 Å². The van der Waals surface area contributed by atoms with Crippen LogP contribution < -0.4 is 0 Å². The van der Waals surface area contributed by atoms with Crippen molar-refractivity contribution in [1.82, 2.24) is 9.88 Å². The van der Waals surface area contributed by atoms with E-state index in [4.69, 9.17) is 0 Å². The maximum Gasteiger partial charge on any atom is 0.0694 e. The largest absolute Gasteiger partial charge is 0.366 e. The molecule has 1 aromatic carbocycles. The molecule has 2 aromatic rings. The van der Waals surface area contributed by atoms with E-state index in [0.29, 0.717) is 17.4 Å². The number of nitrogens with zero attached hydrogens (tertiary/aromatic N) is 1. The van der Waals surface area contributed by atoms with Gasteiger partial charge in [0.2, 0.25) is 0 Å². The molecule has 4 rings (SSSR count). The molecule has 2 heterocycles. The molecule has 0 saturated heterocycles. The summed E-state index contributed by atoms with van der Waals surface area (Å²) in [6, 6.07) is 9.40. The molecular weight excluding hydrogens is 364 g/mol. The van der Waals surface area contributed by atoms with Crippen molar-refractivity contribution in [3.05, 3.63) is 46.8 Å². The van der Waals surface area contributed by atoms with E-state index in [1.165, 1.54) is 68.1 Å². The summed E-state index contributed by atoms with van der Waals surface area (Å²) < 4.78 is 0. The number of hydrogen-bond donors (Lipinski definition) is 1. The molecule has 2 atom stereocenters. The van der Waals surface area contributed by atoms with Gasteiger partial charge in [-0.05, 0) is 73.8 Å². The van der Waals surface area contributed by atoms with Gasteiger partial charge in [-0.3, -0.25) is 0 Å². The van der Waals surface area contributed by atoms with Crippen LogP contribution in [0.25, 0.3) is 10.9 Å². The molecule has 2 heteroatoms. The number of benzene rings is 1. The molecule has 1 fully saturated rings. The van der Waals surface area contributed by atoms with Crippen LogP contribution in [0.4, 0.5) is 0 Å². The molecule has 0 spiro atoms. The van der Waals surface area contributed by atoms with E-state index in [1.54, 1.807) is 16.8 Å². The maximum atomic E-state index is 3.86. The van der Waals surface area contributed by atoms with Crippen molar-refractivity contribution < 1.29 is 0 Å². The second kappa shape index (κ2) is 8.44. The summed E-state index contributed by atoms with van der Waals surface area (Å²) in [4.78, 5) is 6.70. The van der Waals surface area contributed by atoms with Crippen LogP contribution in [0.15, 0.2) is 35.5 Å². The van der Waals surface area contributed by atoms with E-state index in [0.717, 1.165) is 5.92 Å². The lowest BCUT2D eigenvalue weighted by molar-refractivity contribution is 0.184. The number of H-pyrrole nitrogens is 1. The van der Waals surface area contributed by atoms with Crippen LogP contribution in [0.2, 0.25) is 0 Å². The SMILES string of the molecule is CC(C)CC1c2[nH]c3ccccc3c2CCN1C(CC(C)CC(C)(C)C)=C1CCC1. The number of hydrogen-bond acceptors (Lipinski definition) is 1. The van der Waals surface area contributed by atoms with Gasteiger partial charge in [-0.1, -0.05) is 65.3 Å². The van der Waals surface area contributed by atoms with Gasteiger partial charge in [0.05, 0.1) is 6.04 Å². The monoisotopic (exact) mass is 406 g/mol. The van der Waals surface area contributed by atoms with Gasteiger partial charge in [0.15, 0.2) is 0 Å². The molecule has 0 bridgehead atoms. The fourth-order valence-corrected chi connectivity index (χ4v) is 5.89. The smallest absolute Gasteiger partial charge is 0.0694 e. The number of nitrogens with one attached hydrogen (secondary N) is 1. The normalized spacial score (nSPS) is 20.4. The molecule has 1 aliphatic carbocycles. The second-order valence-corrected chi connectivity index (χ2v) is 11.6. The molecule has 2 aliphatic rings. The molecule has 0 radical (unpaired) electrons. The first-order chi connectivity index (χ1) is 14.2. The zero-order valence-electron chi connectivity index (χ0n) is 20.1. The van der Waals surface area contributed by atoms with Gasteiger partial charge >= 0.3 is 0 Å². The lowest BCUT2D eigenvalue weighted by atomic mass is 9.80. The molecule has 164 valence electrons. The Morgan fingerprint density at radius 1 is 1.10 bits per heavy atom. The predicted octanol–water partition coefficient (Wildman–Crippen LogP) is 8.01. The minimum atomic E-state index is 0.401. The summed E-state index contributed by atoms with van der Waals surface area (Å²) in [5.74, 6) is 1.42. The first-order valence-electron chi connectivity index (χ1n) is 12.3. The number of para-hydroxylation sites is 1. The predicted molar refractivity (Wildman–Crippen MR) is 130 cm³/mol. The average molecular weight is 407 g/mol. The van der Waals surface area contributed by atoms with E-state index < -0.39 is 0 Å². The van der Waals surface area contributed by atoms with Crippen molar-refractivity contribution in [1.29, 1.82) is 0 Å². The van der Waals surface area contributed by atoms with Crippen LogP contribution in [0.3, 0.4) is 0 Å². The summed E-state index contributed by atoms with van der Waals surface area (Å²) in [5.41, 5.74) is 8.25. The van der Waals surface area contributed by atoms with E-state index in [2.05, 4.69) is 75.7 Å². The van der Waals surface area contributed by atoms with E-state index in [-0.39, 0.29) is 0 Å². The van der Waals surface area contributed by atoms with Crippen LogP contribution in [-0.2, 0) is 6.42 Å². The van der Waals surface area contributed by atoms with Crippen molar-refractivity contribution in [2.75, 3.05) is 6.54 Å². The lowest BCUT2D eigenvalue weighted by Gasteiger charge is -2.43. The number of rotatable bonds is 6. The van der Waals surface area contributed by atoms with Crippen LogP contribution >= 0.6 is 0 Å². The molecule has 1 saturated carbocycles. The Bertz CT molecular complexity index is 902. The Morgan fingerprint density at radius 3 is 2.47 bits per heavy atom. The van der Waals surface area contributed by atoms with E-state index in [9.17, 15) is 0 Å². The maximum absolute atomic E-state index is 3.86. The third-order valence-electron chi connectivity index (χ3n) is 7.07. The van der Waals surface area contributed by atoms with Gasteiger partial charge in [0.1, 0.15) is 0 Å². The molecule has 2 unspecified atom stereocenters. The van der Waals surface area contributed by atoms with Gasteiger partial charge < -0.3 is 9.88 Å². The van der Waals surface area contributed by atoms with Crippen molar-refractivity contribution in [2.24, 2.45) is 17.3 Å². The molecule has 1 aromatic heterocycles. The molecule has 0 amide bonds. The molecular formula is C28H42N2. The summed E-state index contributed by atoms with van der Waals surface area (Å²) in [6.45, 7) is 15.6. The summed E-state index contributed by atoms with van der Waals surface area (Å²) >= 11 is 0. The number of aromatic nitrogens is 1. The van der Waals surface area contributed by atoms with Crippen molar-refractivity contribution >= 4 is 10.9 Å². The quantitative estimate of drug-likeness (QED) is 0.514. The third kappa shape index (κ3) is 4.48. The Balaban J connectivity index is 1.69. The first-order valence-corrected chi connectivity index (χ1v) is 12.3. The zero-order chi connectivity index (χ0) is 21.5. The lowest BCUT2D eigenvalue weighted by Crippen LogP contribution is -2.37. The van der Waals surface area contributed by atoms with Crippen molar-refractivity contribution in [3.63, 3.8) is 0 Å². The van der Waals surface area contributed by atoms with Gasteiger partial charge in [0.25, 0.3) is 0 Å². The van der Waals surface area contributed by atoms with Crippen molar-refractivity contribution in [3.8, 4) is 0 Å². The molecule has 1 aliphatic heterocycles.